The van der Waals surface area contributed by atoms with Crippen molar-refractivity contribution in [2.24, 2.45) is 0 Å². The van der Waals surface area contributed by atoms with Crippen LogP contribution in [0.5, 0.6) is 0 Å². The number of aliphatic carboxylic acids is 1. The molecule has 5 heteroatoms. The van der Waals surface area contributed by atoms with E-state index in [2.05, 4.69) is 0 Å². The zero-order valence-electron chi connectivity index (χ0n) is 14.3. The van der Waals surface area contributed by atoms with Crippen LogP contribution in [0.15, 0.2) is 24.3 Å². The fourth-order valence-electron chi connectivity index (χ4n) is 2.97. The van der Waals surface area contributed by atoms with Gasteiger partial charge in [-0.05, 0) is 46.1 Å². The fraction of sp³-hybridized carbons (Fsp3) is 0.556. The summed E-state index contributed by atoms with van der Waals surface area (Å²) < 4.78 is 5.37. The number of carbonyl (C=O) groups is 2. The number of benzene rings is 1. The third-order valence-electron chi connectivity index (χ3n) is 4.25. The van der Waals surface area contributed by atoms with Gasteiger partial charge in [-0.25, -0.2) is 4.79 Å². The Morgan fingerprint density at radius 2 is 1.83 bits per heavy atom. The number of carbonyl (C=O) groups excluding carboxylic acids is 1. The van der Waals surface area contributed by atoms with E-state index in [-0.39, 0.29) is 6.09 Å². The zero-order chi connectivity index (χ0) is 17.3. The number of nitrogens with zero attached hydrogens (tertiary/aromatic N) is 1. The molecule has 1 N–H and O–H groups in total. The summed E-state index contributed by atoms with van der Waals surface area (Å²) in [6.45, 7) is 8.19. The van der Waals surface area contributed by atoms with Crippen LogP contribution in [0.4, 0.5) is 4.79 Å². The minimum atomic E-state index is -0.926. The molecule has 1 aliphatic rings. The predicted molar refractivity (Wildman–Crippen MR) is 87.5 cm³/mol. The first-order chi connectivity index (χ1) is 10.6. The standard InChI is InChI=1S/C18H25NO4/c1-13-6-5-7-14(12-13)18(15(20)21)8-10-19(11-9-18)16(22)23-17(2,3)4/h5-7,12H,8-11H2,1-4H3,(H,20,21). The maximum atomic E-state index is 12.1. The van der Waals surface area contributed by atoms with Crippen molar-refractivity contribution in [3.8, 4) is 0 Å². The van der Waals surface area contributed by atoms with Crippen molar-refractivity contribution >= 4 is 12.1 Å². The van der Waals surface area contributed by atoms with E-state index in [0.717, 1.165) is 11.1 Å². The van der Waals surface area contributed by atoms with Crippen molar-refractivity contribution in [1.82, 2.24) is 4.90 Å². The number of hydrogen-bond acceptors (Lipinski definition) is 3. The second kappa shape index (κ2) is 6.22. The molecule has 1 aromatic carbocycles. The van der Waals surface area contributed by atoms with Crippen LogP contribution in [0.3, 0.4) is 0 Å². The number of amides is 1. The van der Waals surface area contributed by atoms with Gasteiger partial charge in [-0.1, -0.05) is 29.8 Å². The molecular weight excluding hydrogens is 294 g/mol. The number of hydrogen-bond donors (Lipinski definition) is 1. The molecule has 0 aliphatic carbocycles. The highest BCUT2D eigenvalue weighted by Crippen LogP contribution is 2.36. The van der Waals surface area contributed by atoms with Crippen LogP contribution in [0, 0.1) is 6.92 Å². The normalized spacial score (nSPS) is 17.7. The Kier molecular flexibility index (Phi) is 4.68. The summed E-state index contributed by atoms with van der Waals surface area (Å²) in [6.07, 6.45) is 0.413. The number of rotatable bonds is 2. The van der Waals surface area contributed by atoms with Gasteiger partial charge in [-0.2, -0.15) is 0 Å². The molecule has 0 atom stereocenters. The lowest BCUT2D eigenvalue weighted by Crippen LogP contribution is -2.50. The van der Waals surface area contributed by atoms with Crippen LogP contribution in [0.25, 0.3) is 0 Å². The average Bonchev–Trinajstić information content (AvgIpc) is 2.45. The number of likely N-dealkylation sites (tertiary alicyclic amines) is 1. The summed E-state index contributed by atoms with van der Waals surface area (Å²) in [5.74, 6) is -0.827. The van der Waals surface area contributed by atoms with Crippen LogP contribution in [0.2, 0.25) is 0 Å². The first-order valence-corrected chi connectivity index (χ1v) is 7.92. The average molecular weight is 319 g/mol. The predicted octanol–water partition coefficient (Wildman–Crippen LogP) is 3.35. The van der Waals surface area contributed by atoms with Gasteiger partial charge in [0.1, 0.15) is 5.60 Å². The van der Waals surface area contributed by atoms with Gasteiger partial charge in [0, 0.05) is 13.1 Å². The maximum Gasteiger partial charge on any atom is 0.410 e. The molecule has 126 valence electrons. The van der Waals surface area contributed by atoms with E-state index in [9.17, 15) is 14.7 Å². The number of carboxylic acids is 1. The van der Waals surface area contributed by atoms with Crippen LogP contribution >= 0.6 is 0 Å². The molecule has 1 aliphatic heterocycles. The van der Waals surface area contributed by atoms with E-state index < -0.39 is 17.0 Å². The Balaban J connectivity index is 2.16. The molecule has 0 radical (unpaired) electrons. The molecule has 23 heavy (non-hydrogen) atoms. The lowest BCUT2D eigenvalue weighted by Gasteiger charge is -2.39. The summed E-state index contributed by atoms with van der Waals surface area (Å²) >= 11 is 0. The zero-order valence-corrected chi connectivity index (χ0v) is 14.3. The summed E-state index contributed by atoms with van der Waals surface area (Å²) in [5.41, 5.74) is 0.381. The van der Waals surface area contributed by atoms with Crippen LogP contribution in [-0.2, 0) is 14.9 Å². The van der Waals surface area contributed by atoms with Gasteiger partial charge in [-0.3, -0.25) is 4.79 Å². The fourth-order valence-corrected chi connectivity index (χ4v) is 2.97. The Morgan fingerprint density at radius 1 is 1.22 bits per heavy atom. The second-order valence-corrected chi connectivity index (χ2v) is 7.22. The molecular formula is C18H25NO4. The second-order valence-electron chi connectivity index (χ2n) is 7.22. The molecule has 1 heterocycles. The van der Waals surface area contributed by atoms with Gasteiger partial charge >= 0.3 is 12.1 Å². The Morgan fingerprint density at radius 3 is 2.30 bits per heavy atom. The van der Waals surface area contributed by atoms with Crippen LogP contribution in [0.1, 0.15) is 44.7 Å². The van der Waals surface area contributed by atoms with E-state index >= 15 is 0 Å². The molecule has 1 amide bonds. The van der Waals surface area contributed by atoms with Crippen LogP contribution < -0.4 is 0 Å². The topological polar surface area (TPSA) is 66.8 Å². The lowest BCUT2D eigenvalue weighted by molar-refractivity contribution is -0.146. The quantitative estimate of drug-likeness (QED) is 0.908. The Labute approximate surface area is 137 Å². The molecule has 2 rings (SSSR count). The van der Waals surface area contributed by atoms with E-state index in [0.29, 0.717) is 25.9 Å². The van der Waals surface area contributed by atoms with Gasteiger partial charge in [0.15, 0.2) is 0 Å². The third kappa shape index (κ3) is 3.84. The van der Waals surface area contributed by atoms with Gasteiger partial charge in [0.05, 0.1) is 5.41 Å². The van der Waals surface area contributed by atoms with Crippen molar-refractivity contribution in [2.75, 3.05) is 13.1 Å². The third-order valence-corrected chi connectivity index (χ3v) is 4.25. The maximum absolute atomic E-state index is 12.1. The van der Waals surface area contributed by atoms with Gasteiger partial charge in [0.2, 0.25) is 0 Å². The van der Waals surface area contributed by atoms with Crippen molar-refractivity contribution in [1.29, 1.82) is 0 Å². The molecule has 1 fully saturated rings. The number of carboxylic acid groups (broad SMARTS) is 1. The van der Waals surface area contributed by atoms with E-state index in [1.165, 1.54) is 0 Å². The van der Waals surface area contributed by atoms with Crippen molar-refractivity contribution in [3.63, 3.8) is 0 Å². The summed E-state index contributed by atoms with van der Waals surface area (Å²) in [7, 11) is 0. The smallest absolute Gasteiger partial charge is 0.410 e. The van der Waals surface area contributed by atoms with Gasteiger partial charge in [-0.15, -0.1) is 0 Å². The first-order valence-electron chi connectivity index (χ1n) is 7.92. The largest absolute Gasteiger partial charge is 0.481 e. The van der Waals surface area contributed by atoms with E-state index in [1.54, 1.807) is 4.90 Å². The van der Waals surface area contributed by atoms with Crippen LogP contribution in [-0.4, -0.2) is 40.8 Å². The molecule has 0 bridgehead atoms. The SMILES string of the molecule is Cc1cccc(C2(C(=O)O)CCN(C(=O)OC(C)(C)C)CC2)c1. The molecule has 0 aromatic heterocycles. The molecule has 5 nitrogen and oxygen atoms in total. The number of ether oxygens (including phenoxy) is 1. The lowest BCUT2D eigenvalue weighted by atomic mass is 9.72. The molecule has 0 unspecified atom stereocenters. The Hall–Kier alpha value is -2.04. The Bertz CT molecular complexity index is 595. The van der Waals surface area contributed by atoms with E-state index in [1.807, 2.05) is 52.0 Å². The highest BCUT2D eigenvalue weighted by Gasteiger charge is 2.44. The monoisotopic (exact) mass is 319 g/mol. The molecule has 1 aromatic rings. The molecule has 0 saturated carbocycles. The van der Waals surface area contributed by atoms with E-state index in [4.69, 9.17) is 4.74 Å². The van der Waals surface area contributed by atoms with Crippen molar-refractivity contribution in [3.05, 3.63) is 35.4 Å². The highest BCUT2D eigenvalue weighted by molar-refractivity contribution is 5.82. The minimum absolute atomic E-state index is 0.374. The van der Waals surface area contributed by atoms with Gasteiger partial charge < -0.3 is 14.7 Å². The van der Waals surface area contributed by atoms with Crippen molar-refractivity contribution in [2.45, 2.75) is 51.6 Å². The highest BCUT2D eigenvalue weighted by atomic mass is 16.6. The van der Waals surface area contributed by atoms with Gasteiger partial charge in [0.25, 0.3) is 0 Å². The minimum Gasteiger partial charge on any atom is -0.481 e. The van der Waals surface area contributed by atoms with Crippen molar-refractivity contribution < 1.29 is 19.4 Å². The number of piperidine rings is 1. The summed E-state index contributed by atoms with van der Waals surface area (Å²) in [4.78, 5) is 25.7. The summed E-state index contributed by atoms with van der Waals surface area (Å²) in [5, 5.41) is 9.81. The number of aryl methyl sites for hydroxylation is 1. The first kappa shape index (κ1) is 17.3. The summed E-state index contributed by atoms with van der Waals surface area (Å²) in [6, 6.07) is 7.63. The molecule has 1 saturated heterocycles. The molecule has 0 spiro atoms.